The summed E-state index contributed by atoms with van der Waals surface area (Å²) in [6.45, 7) is 1.97. The van der Waals surface area contributed by atoms with Crippen molar-refractivity contribution in [3.63, 3.8) is 0 Å². The van der Waals surface area contributed by atoms with Crippen LogP contribution in [0.25, 0.3) is 22.1 Å². The van der Waals surface area contributed by atoms with Crippen LogP contribution >= 0.6 is 0 Å². The second-order valence-electron chi connectivity index (χ2n) is 5.63. The highest BCUT2D eigenvalue weighted by atomic mass is 16.5. The molecule has 3 rings (SSSR count). The van der Waals surface area contributed by atoms with E-state index in [1.54, 1.807) is 12.1 Å². The summed E-state index contributed by atoms with van der Waals surface area (Å²) in [4.78, 5) is 23.6. The highest BCUT2D eigenvalue weighted by Crippen LogP contribution is 2.31. The number of likely N-dealkylation sites (N-methyl/N-ethyl adjacent to an activating group) is 1. The van der Waals surface area contributed by atoms with Crippen molar-refractivity contribution in [2.24, 2.45) is 0 Å². The van der Waals surface area contributed by atoms with Crippen LogP contribution < -0.4 is 15.7 Å². The van der Waals surface area contributed by atoms with E-state index in [2.05, 4.69) is 5.32 Å². The van der Waals surface area contributed by atoms with Gasteiger partial charge in [-0.1, -0.05) is 24.3 Å². The Labute approximate surface area is 149 Å². The summed E-state index contributed by atoms with van der Waals surface area (Å²) in [6.07, 6.45) is 0.572. The molecule has 1 amide bonds. The molecule has 0 aliphatic rings. The Bertz CT molecular complexity index is 1070. The lowest BCUT2D eigenvalue weighted by Gasteiger charge is -2.11. The Morgan fingerprint density at radius 1 is 1.15 bits per heavy atom. The average molecular weight is 351 g/mol. The molecule has 0 atom stereocenters. The lowest BCUT2D eigenvalue weighted by Crippen LogP contribution is -2.23. The molecule has 0 aliphatic carbocycles. The third kappa shape index (κ3) is 3.30. The number of benzene rings is 2. The second-order valence-corrected chi connectivity index (χ2v) is 5.63. The molecule has 0 fully saturated rings. The summed E-state index contributed by atoms with van der Waals surface area (Å²) in [6, 6.07) is 14.1. The Balaban J connectivity index is 2.11. The first-order chi connectivity index (χ1) is 12.5. The lowest BCUT2D eigenvalue weighted by molar-refractivity contribution is -0.119. The second kappa shape index (κ2) is 7.14. The van der Waals surface area contributed by atoms with Crippen LogP contribution in [0.5, 0.6) is 5.75 Å². The van der Waals surface area contributed by atoms with E-state index in [-0.39, 0.29) is 11.5 Å². The van der Waals surface area contributed by atoms with E-state index in [4.69, 9.17) is 14.3 Å². The fraction of sp³-hybridized carbons (Fsp3) is 0.100. The Morgan fingerprint density at radius 2 is 1.92 bits per heavy atom. The number of hydrogen-bond acceptors (Lipinski definition) is 5. The van der Waals surface area contributed by atoms with E-state index in [1.165, 1.54) is 19.2 Å². The van der Waals surface area contributed by atoms with Gasteiger partial charge in [-0.05, 0) is 30.2 Å². The van der Waals surface area contributed by atoms with E-state index >= 15 is 0 Å². The number of amides is 1. The lowest BCUT2D eigenvalue weighted by atomic mass is 9.98. The molecule has 1 aromatic heterocycles. The SMILES string of the molecule is CNC(=O)C(=CO)Oc1ccc2c(-c3ccccc3C)cc(=O)oc2c1. The quantitative estimate of drug-likeness (QED) is 0.428. The zero-order chi connectivity index (χ0) is 18.7. The standard InChI is InChI=1S/C20H17NO5/c1-12-5-3-4-6-14(12)16-10-19(23)26-17-9-13(7-8-15(16)17)25-18(11-22)20(24)21-2/h3-11,22H,1-2H3,(H,21,24). The maximum Gasteiger partial charge on any atom is 0.336 e. The molecule has 2 aromatic carbocycles. The van der Waals surface area contributed by atoms with Crippen molar-refractivity contribution < 1.29 is 19.1 Å². The van der Waals surface area contributed by atoms with Gasteiger partial charge in [-0.25, -0.2) is 4.79 Å². The number of rotatable bonds is 4. The number of aryl methyl sites for hydroxylation is 1. The molecule has 6 heteroatoms. The van der Waals surface area contributed by atoms with Crippen molar-refractivity contribution in [1.82, 2.24) is 5.32 Å². The van der Waals surface area contributed by atoms with Gasteiger partial charge in [-0.3, -0.25) is 4.79 Å². The van der Waals surface area contributed by atoms with Gasteiger partial charge in [0.2, 0.25) is 5.76 Å². The first kappa shape index (κ1) is 17.3. The normalized spacial score (nSPS) is 11.4. The van der Waals surface area contributed by atoms with Gasteiger partial charge in [0.05, 0.1) is 0 Å². The average Bonchev–Trinajstić information content (AvgIpc) is 2.65. The van der Waals surface area contributed by atoms with E-state index in [1.807, 2.05) is 31.2 Å². The molecule has 2 N–H and O–H groups in total. The van der Waals surface area contributed by atoms with Crippen LogP contribution in [0.4, 0.5) is 0 Å². The van der Waals surface area contributed by atoms with Crippen LogP contribution in [0.2, 0.25) is 0 Å². The van der Waals surface area contributed by atoms with E-state index in [9.17, 15) is 9.59 Å². The number of fused-ring (bicyclic) bond motifs is 1. The van der Waals surface area contributed by atoms with Crippen molar-refractivity contribution in [1.29, 1.82) is 0 Å². The Kier molecular flexibility index (Phi) is 4.75. The maximum atomic E-state index is 12.0. The molecule has 1 heterocycles. The molecule has 6 nitrogen and oxygen atoms in total. The monoisotopic (exact) mass is 351 g/mol. The van der Waals surface area contributed by atoms with Crippen molar-refractivity contribution in [3.8, 4) is 16.9 Å². The van der Waals surface area contributed by atoms with Gasteiger partial charge < -0.3 is 19.6 Å². The summed E-state index contributed by atoms with van der Waals surface area (Å²) in [5.74, 6) is -0.599. The smallest absolute Gasteiger partial charge is 0.336 e. The number of ether oxygens (including phenoxy) is 1. The van der Waals surface area contributed by atoms with E-state index < -0.39 is 11.5 Å². The van der Waals surface area contributed by atoms with Gasteiger partial charge in [0.1, 0.15) is 17.6 Å². The van der Waals surface area contributed by atoms with Crippen LogP contribution in [-0.4, -0.2) is 18.1 Å². The van der Waals surface area contributed by atoms with Crippen LogP contribution in [-0.2, 0) is 4.79 Å². The molecule has 0 spiro atoms. The zero-order valence-corrected chi connectivity index (χ0v) is 14.3. The molecule has 0 unspecified atom stereocenters. The predicted molar refractivity (Wildman–Crippen MR) is 98.1 cm³/mol. The van der Waals surface area contributed by atoms with Crippen LogP contribution in [0.3, 0.4) is 0 Å². The van der Waals surface area contributed by atoms with Crippen molar-refractivity contribution in [2.45, 2.75) is 6.92 Å². The van der Waals surface area contributed by atoms with Crippen molar-refractivity contribution in [3.05, 3.63) is 76.5 Å². The number of carbonyl (C=O) groups excluding carboxylic acids is 1. The molecule has 0 radical (unpaired) electrons. The van der Waals surface area contributed by atoms with Gasteiger partial charge in [-0.2, -0.15) is 0 Å². The molecular weight excluding hydrogens is 334 g/mol. The molecule has 0 saturated heterocycles. The summed E-state index contributed by atoms with van der Waals surface area (Å²) >= 11 is 0. The zero-order valence-electron chi connectivity index (χ0n) is 14.3. The highest BCUT2D eigenvalue weighted by Gasteiger charge is 2.14. The van der Waals surface area contributed by atoms with Crippen molar-refractivity contribution >= 4 is 16.9 Å². The molecule has 26 heavy (non-hydrogen) atoms. The van der Waals surface area contributed by atoms with Crippen LogP contribution in [0.1, 0.15) is 5.56 Å². The number of aliphatic hydroxyl groups excluding tert-OH is 1. The fourth-order valence-electron chi connectivity index (χ4n) is 2.69. The summed E-state index contributed by atoms with van der Waals surface area (Å²) in [7, 11) is 1.42. The van der Waals surface area contributed by atoms with Gasteiger partial charge >= 0.3 is 5.63 Å². The molecular formula is C20H17NO5. The van der Waals surface area contributed by atoms with E-state index in [0.29, 0.717) is 11.8 Å². The maximum absolute atomic E-state index is 12.0. The molecule has 0 saturated carbocycles. The van der Waals surface area contributed by atoms with E-state index in [0.717, 1.165) is 22.1 Å². The predicted octanol–water partition coefficient (Wildman–Crippen LogP) is 3.29. The Hall–Kier alpha value is -3.54. The number of nitrogens with one attached hydrogen (secondary N) is 1. The number of carbonyl (C=O) groups is 1. The molecule has 0 bridgehead atoms. The summed E-state index contributed by atoms with van der Waals surface area (Å²) in [5.41, 5.74) is 2.55. The minimum atomic E-state index is -0.581. The molecule has 132 valence electrons. The van der Waals surface area contributed by atoms with Crippen LogP contribution in [0, 0.1) is 6.92 Å². The van der Waals surface area contributed by atoms with Crippen LogP contribution in [0.15, 0.2) is 69.8 Å². The first-order valence-corrected chi connectivity index (χ1v) is 7.91. The minimum absolute atomic E-state index is 0.256. The topological polar surface area (TPSA) is 88.8 Å². The third-order valence-corrected chi connectivity index (χ3v) is 3.95. The van der Waals surface area contributed by atoms with Gasteiger partial charge in [0.25, 0.3) is 5.91 Å². The summed E-state index contributed by atoms with van der Waals surface area (Å²) < 4.78 is 10.7. The highest BCUT2D eigenvalue weighted by molar-refractivity contribution is 5.95. The largest absolute Gasteiger partial charge is 0.511 e. The Morgan fingerprint density at radius 3 is 2.62 bits per heavy atom. The number of hydrogen-bond donors (Lipinski definition) is 2. The number of aliphatic hydroxyl groups is 1. The van der Waals surface area contributed by atoms with Gasteiger partial charge in [0, 0.05) is 30.1 Å². The third-order valence-electron chi connectivity index (χ3n) is 3.95. The minimum Gasteiger partial charge on any atom is -0.511 e. The summed E-state index contributed by atoms with van der Waals surface area (Å²) in [5, 5.41) is 12.2. The molecule has 3 aromatic rings. The first-order valence-electron chi connectivity index (χ1n) is 7.91. The van der Waals surface area contributed by atoms with Gasteiger partial charge in [-0.15, -0.1) is 0 Å². The van der Waals surface area contributed by atoms with Gasteiger partial charge in [0.15, 0.2) is 0 Å². The molecule has 0 aliphatic heterocycles. The fourth-order valence-corrected chi connectivity index (χ4v) is 2.69. The van der Waals surface area contributed by atoms with Crippen molar-refractivity contribution in [2.75, 3.05) is 7.05 Å².